The summed E-state index contributed by atoms with van der Waals surface area (Å²) in [5.41, 5.74) is 0. The Hall–Kier alpha value is -0.160. The lowest BCUT2D eigenvalue weighted by atomic mass is 10.0. The third kappa shape index (κ3) is 3.44. The molecule has 2 saturated heterocycles. The summed E-state index contributed by atoms with van der Waals surface area (Å²) in [6.45, 7) is 7.61. The third-order valence-electron chi connectivity index (χ3n) is 4.38. The van der Waals surface area contributed by atoms with Crippen LogP contribution in [-0.4, -0.2) is 74.9 Å². The zero-order valence-electron chi connectivity index (χ0n) is 12.2. The van der Waals surface area contributed by atoms with E-state index in [2.05, 4.69) is 36.1 Å². The van der Waals surface area contributed by atoms with E-state index in [1.54, 1.807) is 0 Å². The van der Waals surface area contributed by atoms with Gasteiger partial charge >= 0.3 is 0 Å². The summed E-state index contributed by atoms with van der Waals surface area (Å²) in [4.78, 5) is 5.00. The molecule has 0 aromatic carbocycles. The molecule has 3 unspecified atom stereocenters. The molecule has 2 aliphatic heterocycles. The topological polar surface area (TPSA) is 27.7 Å². The molecule has 4 heteroatoms. The van der Waals surface area contributed by atoms with Crippen LogP contribution < -0.4 is 5.32 Å². The second kappa shape index (κ2) is 6.85. The van der Waals surface area contributed by atoms with Gasteiger partial charge in [-0.25, -0.2) is 0 Å². The number of rotatable bonds is 5. The van der Waals surface area contributed by atoms with Crippen LogP contribution in [-0.2, 0) is 4.74 Å². The highest BCUT2D eigenvalue weighted by molar-refractivity contribution is 4.92. The first-order valence-corrected chi connectivity index (χ1v) is 7.44. The summed E-state index contributed by atoms with van der Waals surface area (Å²) in [5.74, 6) is 0. The fraction of sp³-hybridized carbons (Fsp3) is 1.00. The minimum absolute atomic E-state index is 0.579. The van der Waals surface area contributed by atoms with Crippen molar-refractivity contribution in [2.24, 2.45) is 0 Å². The maximum Gasteiger partial charge on any atom is 0.0637 e. The van der Waals surface area contributed by atoms with Crippen molar-refractivity contribution >= 4 is 0 Å². The number of nitrogens with one attached hydrogen (secondary N) is 1. The summed E-state index contributed by atoms with van der Waals surface area (Å²) in [5, 5.41) is 3.71. The van der Waals surface area contributed by atoms with Gasteiger partial charge in [0.15, 0.2) is 0 Å². The molecule has 1 N–H and O–H groups in total. The summed E-state index contributed by atoms with van der Waals surface area (Å²) in [6.07, 6.45) is 3.67. The van der Waals surface area contributed by atoms with E-state index in [1.807, 2.05) is 0 Å². The van der Waals surface area contributed by atoms with Gasteiger partial charge in [-0.05, 0) is 39.9 Å². The number of ether oxygens (including phenoxy) is 1. The Labute approximate surface area is 112 Å². The number of likely N-dealkylation sites (N-methyl/N-ethyl adjacent to an activating group) is 1. The van der Waals surface area contributed by atoms with Crippen molar-refractivity contribution < 1.29 is 4.74 Å². The Morgan fingerprint density at radius 3 is 2.83 bits per heavy atom. The lowest BCUT2D eigenvalue weighted by Crippen LogP contribution is -2.55. The molecule has 2 heterocycles. The molecule has 106 valence electrons. The maximum atomic E-state index is 5.71. The highest BCUT2D eigenvalue weighted by Crippen LogP contribution is 2.21. The predicted molar refractivity (Wildman–Crippen MR) is 75.0 cm³/mol. The molecule has 4 nitrogen and oxygen atoms in total. The van der Waals surface area contributed by atoms with Gasteiger partial charge in [0.05, 0.1) is 6.61 Å². The largest absolute Gasteiger partial charge is 0.380 e. The SMILES string of the molecule is CCCNC1CCOCC1N1CCC(N(C)C)C1. The number of nitrogens with zero attached hydrogens (tertiary/aromatic N) is 2. The first-order valence-electron chi connectivity index (χ1n) is 7.44. The van der Waals surface area contributed by atoms with Gasteiger partial charge in [0.25, 0.3) is 0 Å². The number of likely N-dealkylation sites (tertiary alicyclic amines) is 1. The normalized spacial score (nSPS) is 34.3. The number of hydrogen-bond donors (Lipinski definition) is 1. The van der Waals surface area contributed by atoms with E-state index in [-0.39, 0.29) is 0 Å². The van der Waals surface area contributed by atoms with E-state index in [4.69, 9.17) is 4.74 Å². The molecule has 0 aromatic heterocycles. The molecular weight excluding hydrogens is 226 g/mol. The Bertz CT molecular complexity index is 247. The standard InChI is InChI=1S/C14H29N3O/c1-4-7-15-13-6-9-18-11-14(13)17-8-5-12(10-17)16(2)3/h12-15H,4-11H2,1-3H3. The van der Waals surface area contributed by atoms with E-state index < -0.39 is 0 Å². The first-order chi connectivity index (χ1) is 8.72. The van der Waals surface area contributed by atoms with E-state index >= 15 is 0 Å². The van der Waals surface area contributed by atoms with E-state index in [0.717, 1.165) is 32.2 Å². The molecule has 18 heavy (non-hydrogen) atoms. The molecule has 0 saturated carbocycles. The highest BCUT2D eigenvalue weighted by Gasteiger charge is 2.35. The van der Waals surface area contributed by atoms with Crippen LogP contribution in [0.4, 0.5) is 0 Å². The van der Waals surface area contributed by atoms with Crippen LogP contribution in [0.25, 0.3) is 0 Å². The molecule has 2 rings (SSSR count). The summed E-state index contributed by atoms with van der Waals surface area (Å²) < 4.78 is 5.71. The second-order valence-corrected chi connectivity index (χ2v) is 5.89. The summed E-state index contributed by atoms with van der Waals surface area (Å²) in [6, 6.07) is 1.92. The molecule has 0 amide bonds. The lowest BCUT2D eigenvalue weighted by molar-refractivity contribution is 0.00346. The van der Waals surface area contributed by atoms with Crippen molar-refractivity contribution in [2.75, 3.05) is 46.9 Å². The monoisotopic (exact) mass is 255 g/mol. The molecule has 0 aromatic rings. The third-order valence-corrected chi connectivity index (χ3v) is 4.38. The van der Waals surface area contributed by atoms with Crippen LogP contribution in [0.1, 0.15) is 26.2 Å². The second-order valence-electron chi connectivity index (χ2n) is 5.89. The quantitative estimate of drug-likeness (QED) is 0.786. The molecule has 0 radical (unpaired) electrons. The molecule has 2 aliphatic rings. The lowest BCUT2D eigenvalue weighted by Gasteiger charge is -2.38. The van der Waals surface area contributed by atoms with Gasteiger partial charge in [0, 0.05) is 37.8 Å². The minimum Gasteiger partial charge on any atom is -0.380 e. The minimum atomic E-state index is 0.579. The van der Waals surface area contributed by atoms with E-state index in [9.17, 15) is 0 Å². The zero-order valence-corrected chi connectivity index (χ0v) is 12.2. The van der Waals surface area contributed by atoms with Crippen LogP contribution >= 0.6 is 0 Å². The average Bonchev–Trinajstić information content (AvgIpc) is 2.86. The van der Waals surface area contributed by atoms with Crippen molar-refractivity contribution in [1.29, 1.82) is 0 Å². The van der Waals surface area contributed by atoms with Crippen molar-refractivity contribution in [1.82, 2.24) is 15.1 Å². The van der Waals surface area contributed by atoms with Gasteiger partial charge in [-0.15, -0.1) is 0 Å². The van der Waals surface area contributed by atoms with Crippen molar-refractivity contribution in [3.05, 3.63) is 0 Å². The Balaban J connectivity index is 1.88. The number of hydrogen-bond acceptors (Lipinski definition) is 4. The van der Waals surface area contributed by atoms with E-state index in [1.165, 1.54) is 25.9 Å². The average molecular weight is 255 g/mol. The molecule has 0 aliphatic carbocycles. The van der Waals surface area contributed by atoms with E-state index in [0.29, 0.717) is 12.1 Å². The molecule has 3 atom stereocenters. The van der Waals surface area contributed by atoms with Crippen LogP contribution in [0.3, 0.4) is 0 Å². The van der Waals surface area contributed by atoms with Gasteiger partial charge in [-0.3, -0.25) is 4.90 Å². The zero-order chi connectivity index (χ0) is 13.0. The highest BCUT2D eigenvalue weighted by atomic mass is 16.5. The maximum absolute atomic E-state index is 5.71. The predicted octanol–water partition coefficient (Wildman–Crippen LogP) is 0.779. The van der Waals surface area contributed by atoms with Gasteiger partial charge in [0.1, 0.15) is 0 Å². The summed E-state index contributed by atoms with van der Waals surface area (Å²) >= 11 is 0. The smallest absolute Gasteiger partial charge is 0.0637 e. The van der Waals surface area contributed by atoms with Gasteiger partial charge < -0.3 is 15.0 Å². The van der Waals surface area contributed by atoms with Crippen LogP contribution in [0.2, 0.25) is 0 Å². The van der Waals surface area contributed by atoms with Crippen molar-refractivity contribution in [2.45, 2.75) is 44.3 Å². The Morgan fingerprint density at radius 1 is 1.33 bits per heavy atom. The molecule has 2 fully saturated rings. The molecule has 0 spiro atoms. The van der Waals surface area contributed by atoms with Crippen LogP contribution in [0.5, 0.6) is 0 Å². The fourth-order valence-electron chi connectivity index (χ4n) is 3.14. The first kappa shape index (κ1) is 14.3. The fourth-order valence-corrected chi connectivity index (χ4v) is 3.14. The van der Waals surface area contributed by atoms with Gasteiger partial charge in [-0.1, -0.05) is 6.92 Å². The van der Waals surface area contributed by atoms with Crippen molar-refractivity contribution in [3.63, 3.8) is 0 Å². The van der Waals surface area contributed by atoms with Gasteiger partial charge in [-0.2, -0.15) is 0 Å². The molecule has 0 bridgehead atoms. The van der Waals surface area contributed by atoms with Crippen molar-refractivity contribution in [3.8, 4) is 0 Å². The van der Waals surface area contributed by atoms with Crippen LogP contribution in [0, 0.1) is 0 Å². The Kier molecular flexibility index (Phi) is 5.42. The van der Waals surface area contributed by atoms with Crippen LogP contribution in [0.15, 0.2) is 0 Å². The summed E-state index contributed by atoms with van der Waals surface area (Å²) in [7, 11) is 4.39. The van der Waals surface area contributed by atoms with Gasteiger partial charge in [0.2, 0.25) is 0 Å². The molecular formula is C14H29N3O. The Morgan fingerprint density at radius 2 is 2.17 bits per heavy atom.